The lowest BCUT2D eigenvalue weighted by atomic mass is 10.1. The molecule has 0 bridgehead atoms. The Morgan fingerprint density at radius 2 is 1.77 bits per heavy atom. The van der Waals surface area contributed by atoms with Crippen LogP contribution in [0.4, 0.5) is 0 Å². The van der Waals surface area contributed by atoms with Crippen LogP contribution in [0.2, 0.25) is 0 Å². The zero-order chi connectivity index (χ0) is 15.4. The second kappa shape index (κ2) is 6.45. The molecule has 22 heavy (non-hydrogen) atoms. The SMILES string of the molecule is Cn1nccc1C(O)c1ccccc1OCc1ccccc1. The van der Waals surface area contributed by atoms with E-state index in [1.165, 1.54) is 0 Å². The fraction of sp³-hybridized carbons (Fsp3) is 0.167. The molecule has 0 saturated carbocycles. The highest BCUT2D eigenvalue weighted by molar-refractivity contribution is 5.38. The van der Waals surface area contributed by atoms with Gasteiger partial charge < -0.3 is 9.84 Å². The van der Waals surface area contributed by atoms with Crippen molar-refractivity contribution in [2.45, 2.75) is 12.7 Å². The van der Waals surface area contributed by atoms with Crippen LogP contribution < -0.4 is 4.74 Å². The van der Waals surface area contributed by atoms with Crippen molar-refractivity contribution in [3.8, 4) is 5.75 Å². The highest BCUT2D eigenvalue weighted by atomic mass is 16.5. The standard InChI is InChI=1S/C18H18N2O2/c1-20-16(11-12-19-20)18(21)15-9-5-6-10-17(15)22-13-14-7-3-2-4-8-14/h2-12,18,21H,13H2,1H3. The van der Waals surface area contributed by atoms with Gasteiger partial charge in [0.1, 0.15) is 18.5 Å². The third-order valence-corrected chi connectivity index (χ3v) is 3.59. The van der Waals surface area contributed by atoms with Gasteiger partial charge in [-0.05, 0) is 17.7 Å². The van der Waals surface area contributed by atoms with E-state index in [-0.39, 0.29) is 0 Å². The fourth-order valence-corrected chi connectivity index (χ4v) is 2.38. The first-order valence-corrected chi connectivity index (χ1v) is 7.17. The molecular weight excluding hydrogens is 276 g/mol. The number of aliphatic hydroxyl groups excluding tert-OH is 1. The van der Waals surface area contributed by atoms with Crippen LogP contribution in [0.5, 0.6) is 5.75 Å². The quantitative estimate of drug-likeness (QED) is 0.786. The minimum atomic E-state index is -0.764. The maximum atomic E-state index is 10.6. The number of rotatable bonds is 5. The topological polar surface area (TPSA) is 47.3 Å². The Kier molecular flexibility index (Phi) is 4.21. The summed E-state index contributed by atoms with van der Waals surface area (Å²) < 4.78 is 7.56. The van der Waals surface area contributed by atoms with Gasteiger partial charge in [0.25, 0.3) is 0 Å². The lowest BCUT2D eigenvalue weighted by Crippen LogP contribution is -2.08. The maximum absolute atomic E-state index is 10.6. The molecule has 1 N–H and O–H groups in total. The predicted octanol–water partition coefficient (Wildman–Crippen LogP) is 3.08. The fourth-order valence-electron chi connectivity index (χ4n) is 2.38. The third kappa shape index (κ3) is 3.02. The Morgan fingerprint density at radius 1 is 1.05 bits per heavy atom. The van der Waals surface area contributed by atoms with Gasteiger partial charge in [-0.15, -0.1) is 0 Å². The van der Waals surface area contributed by atoms with Crippen molar-refractivity contribution in [3.63, 3.8) is 0 Å². The normalized spacial score (nSPS) is 12.1. The van der Waals surface area contributed by atoms with Gasteiger partial charge in [0.2, 0.25) is 0 Å². The first-order valence-electron chi connectivity index (χ1n) is 7.17. The Hall–Kier alpha value is -2.59. The highest BCUT2D eigenvalue weighted by Crippen LogP contribution is 2.30. The maximum Gasteiger partial charge on any atom is 0.126 e. The van der Waals surface area contributed by atoms with Crippen LogP contribution in [0.1, 0.15) is 22.9 Å². The van der Waals surface area contributed by atoms with Gasteiger partial charge in [-0.2, -0.15) is 5.10 Å². The van der Waals surface area contributed by atoms with E-state index in [1.807, 2.05) is 61.6 Å². The van der Waals surface area contributed by atoms with E-state index in [0.717, 1.165) is 16.8 Å². The summed E-state index contributed by atoms with van der Waals surface area (Å²) in [6.45, 7) is 0.468. The van der Waals surface area contributed by atoms with Crippen molar-refractivity contribution in [3.05, 3.63) is 83.7 Å². The molecule has 2 aromatic carbocycles. The number of hydrogen-bond acceptors (Lipinski definition) is 3. The molecule has 3 aromatic rings. The number of benzene rings is 2. The molecule has 3 rings (SSSR count). The van der Waals surface area contributed by atoms with Crippen molar-refractivity contribution in [1.29, 1.82) is 0 Å². The van der Waals surface area contributed by atoms with E-state index >= 15 is 0 Å². The molecule has 4 nitrogen and oxygen atoms in total. The number of aromatic nitrogens is 2. The summed E-state index contributed by atoms with van der Waals surface area (Å²) in [6.07, 6.45) is 0.908. The molecule has 112 valence electrons. The van der Waals surface area contributed by atoms with Gasteiger partial charge in [0.15, 0.2) is 0 Å². The lowest BCUT2D eigenvalue weighted by molar-refractivity contribution is 0.200. The predicted molar refractivity (Wildman–Crippen MR) is 84.5 cm³/mol. The Labute approximate surface area is 129 Å². The molecule has 0 saturated heterocycles. The van der Waals surface area contributed by atoms with Crippen molar-refractivity contribution < 1.29 is 9.84 Å². The monoisotopic (exact) mass is 294 g/mol. The Bertz CT molecular complexity index is 738. The van der Waals surface area contributed by atoms with E-state index in [1.54, 1.807) is 16.9 Å². The molecule has 0 aliphatic rings. The first-order chi connectivity index (χ1) is 10.8. The first kappa shape index (κ1) is 14.4. The summed E-state index contributed by atoms with van der Waals surface area (Å²) in [7, 11) is 1.81. The molecule has 0 amide bonds. The number of ether oxygens (including phenoxy) is 1. The van der Waals surface area contributed by atoms with Gasteiger partial charge >= 0.3 is 0 Å². The second-order valence-corrected chi connectivity index (χ2v) is 5.09. The average Bonchev–Trinajstić information content (AvgIpc) is 2.99. The van der Waals surface area contributed by atoms with Crippen LogP contribution in [0.15, 0.2) is 66.9 Å². The summed E-state index contributed by atoms with van der Waals surface area (Å²) in [5, 5.41) is 14.7. The summed E-state index contributed by atoms with van der Waals surface area (Å²) >= 11 is 0. The van der Waals surface area contributed by atoms with Gasteiger partial charge in [-0.3, -0.25) is 4.68 Å². The molecule has 0 radical (unpaired) electrons. The van der Waals surface area contributed by atoms with E-state index < -0.39 is 6.10 Å². The number of nitrogens with zero attached hydrogens (tertiary/aromatic N) is 2. The number of hydrogen-bond donors (Lipinski definition) is 1. The van der Waals surface area contributed by atoms with Crippen molar-refractivity contribution in [2.24, 2.45) is 7.05 Å². The molecule has 0 spiro atoms. The molecule has 1 atom stereocenters. The van der Waals surface area contributed by atoms with E-state index in [2.05, 4.69) is 5.10 Å². The molecule has 0 aliphatic heterocycles. The van der Waals surface area contributed by atoms with Crippen LogP contribution in [0.3, 0.4) is 0 Å². The number of para-hydroxylation sites is 1. The van der Waals surface area contributed by atoms with Crippen molar-refractivity contribution in [2.75, 3.05) is 0 Å². The molecule has 1 aromatic heterocycles. The van der Waals surface area contributed by atoms with Gasteiger partial charge in [-0.25, -0.2) is 0 Å². The molecule has 1 unspecified atom stereocenters. The molecule has 0 fully saturated rings. The summed E-state index contributed by atoms with van der Waals surface area (Å²) in [6, 6.07) is 19.3. The number of aryl methyl sites for hydroxylation is 1. The smallest absolute Gasteiger partial charge is 0.126 e. The minimum absolute atomic E-state index is 0.468. The van der Waals surface area contributed by atoms with Crippen molar-refractivity contribution in [1.82, 2.24) is 9.78 Å². The van der Waals surface area contributed by atoms with Crippen LogP contribution in [0, 0.1) is 0 Å². The van der Waals surface area contributed by atoms with E-state index in [4.69, 9.17) is 4.74 Å². The number of aliphatic hydroxyl groups is 1. The lowest BCUT2D eigenvalue weighted by Gasteiger charge is -2.16. The zero-order valence-electron chi connectivity index (χ0n) is 12.4. The Morgan fingerprint density at radius 3 is 2.50 bits per heavy atom. The highest BCUT2D eigenvalue weighted by Gasteiger charge is 2.18. The summed E-state index contributed by atoms with van der Waals surface area (Å²) in [4.78, 5) is 0. The van der Waals surface area contributed by atoms with Gasteiger partial charge in [-0.1, -0.05) is 48.5 Å². The Balaban J connectivity index is 1.82. The summed E-state index contributed by atoms with van der Waals surface area (Å²) in [5.41, 5.74) is 2.56. The van der Waals surface area contributed by atoms with Crippen LogP contribution in [0.25, 0.3) is 0 Å². The molecular formula is C18H18N2O2. The van der Waals surface area contributed by atoms with Gasteiger partial charge in [0, 0.05) is 18.8 Å². The second-order valence-electron chi connectivity index (χ2n) is 5.09. The largest absolute Gasteiger partial charge is 0.489 e. The molecule has 4 heteroatoms. The zero-order valence-corrected chi connectivity index (χ0v) is 12.4. The van der Waals surface area contributed by atoms with E-state index in [0.29, 0.717) is 12.4 Å². The van der Waals surface area contributed by atoms with Crippen LogP contribution >= 0.6 is 0 Å². The minimum Gasteiger partial charge on any atom is -0.489 e. The van der Waals surface area contributed by atoms with Crippen LogP contribution in [-0.2, 0) is 13.7 Å². The third-order valence-electron chi connectivity index (χ3n) is 3.59. The van der Waals surface area contributed by atoms with E-state index in [9.17, 15) is 5.11 Å². The van der Waals surface area contributed by atoms with Crippen molar-refractivity contribution >= 4 is 0 Å². The summed E-state index contributed by atoms with van der Waals surface area (Å²) in [5.74, 6) is 0.681. The average molecular weight is 294 g/mol. The van der Waals surface area contributed by atoms with Crippen LogP contribution in [-0.4, -0.2) is 14.9 Å². The molecule has 1 heterocycles. The molecule has 0 aliphatic carbocycles. The van der Waals surface area contributed by atoms with Gasteiger partial charge in [0.05, 0.1) is 5.69 Å².